The molecule has 0 bridgehead atoms. The zero-order valence-corrected chi connectivity index (χ0v) is 18.6. The summed E-state index contributed by atoms with van der Waals surface area (Å²) in [5.41, 5.74) is 3.38. The number of aromatic nitrogens is 1. The summed E-state index contributed by atoms with van der Waals surface area (Å²) >= 11 is 1.44. The van der Waals surface area contributed by atoms with Gasteiger partial charge in [0.15, 0.2) is 5.78 Å². The zero-order valence-electron chi connectivity index (χ0n) is 17.7. The summed E-state index contributed by atoms with van der Waals surface area (Å²) in [5.74, 6) is 0.101. The van der Waals surface area contributed by atoms with Crippen LogP contribution in [0, 0.1) is 12.8 Å². The molecule has 1 aliphatic carbocycles. The van der Waals surface area contributed by atoms with Crippen LogP contribution < -0.4 is 0 Å². The van der Waals surface area contributed by atoms with Crippen molar-refractivity contribution in [2.24, 2.45) is 5.92 Å². The number of hydrogen-bond acceptors (Lipinski definition) is 6. The Balaban J connectivity index is 1.61. The molecule has 6 heteroatoms. The molecule has 0 radical (unpaired) electrons. The molecule has 1 aromatic heterocycles. The van der Waals surface area contributed by atoms with Crippen molar-refractivity contribution in [3.05, 3.63) is 51.0 Å². The Bertz CT molecular complexity index is 912. The third-order valence-electron chi connectivity index (χ3n) is 5.48. The van der Waals surface area contributed by atoms with Gasteiger partial charge in [-0.25, -0.2) is 4.98 Å². The van der Waals surface area contributed by atoms with Crippen LogP contribution in [-0.2, 0) is 33.6 Å². The molecule has 5 nitrogen and oxygen atoms in total. The fourth-order valence-corrected chi connectivity index (χ4v) is 4.79. The molecule has 1 aliphatic rings. The summed E-state index contributed by atoms with van der Waals surface area (Å²) in [7, 11) is 0. The van der Waals surface area contributed by atoms with Gasteiger partial charge in [0.25, 0.3) is 0 Å². The molecular formula is C24H29NO4S. The summed E-state index contributed by atoms with van der Waals surface area (Å²) < 4.78 is 4.93. The molecule has 1 fully saturated rings. The van der Waals surface area contributed by atoms with Crippen molar-refractivity contribution in [3.63, 3.8) is 0 Å². The third kappa shape index (κ3) is 6.08. The van der Waals surface area contributed by atoms with Crippen LogP contribution in [0.25, 0.3) is 0 Å². The van der Waals surface area contributed by atoms with Gasteiger partial charge in [-0.05, 0) is 38.3 Å². The minimum Gasteiger partial charge on any atom is -0.466 e. The van der Waals surface area contributed by atoms with Crippen molar-refractivity contribution in [1.29, 1.82) is 0 Å². The molecule has 1 heterocycles. The molecule has 160 valence electrons. The fraction of sp³-hybridized carbons (Fsp3) is 0.500. The average Bonchev–Trinajstić information content (AvgIpc) is 3.39. The quantitative estimate of drug-likeness (QED) is 0.407. The van der Waals surface area contributed by atoms with Gasteiger partial charge in [0.05, 0.1) is 25.1 Å². The number of carbonyl (C=O) groups excluding carboxylic acids is 3. The summed E-state index contributed by atoms with van der Waals surface area (Å²) in [6, 6.07) is 5.81. The van der Waals surface area contributed by atoms with Gasteiger partial charge >= 0.3 is 5.97 Å². The Morgan fingerprint density at radius 1 is 1.17 bits per heavy atom. The van der Waals surface area contributed by atoms with Crippen LogP contribution in [-0.4, -0.2) is 29.1 Å². The molecule has 0 atom stereocenters. The Morgan fingerprint density at radius 3 is 2.67 bits per heavy atom. The lowest BCUT2D eigenvalue weighted by Crippen LogP contribution is -2.16. The van der Waals surface area contributed by atoms with E-state index in [0.29, 0.717) is 25.0 Å². The van der Waals surface area contributed by atoms with Crippen molar-refractivity contribution in [1.82, 2.24) is 4.98 Å². The fourth-order valence-electron chi connectivity index (χ4n) is 3.93. The first kappa shape index (κ1) is 22.3. The Kier molecular flexibility index (Phi) is 7.91. The second kappa shape index (κ2) is 10.6. The van der Waals surface area contributed by atoms with Crippen LogP contribution in [0.1, 0.15) is 71.2 Å². The van der Waals surface area contributed by atoms with Gasteiger partial charge in [0.1, 0.15) is 10.8 Å². The Labute approximate surface area is 181 Å². The smallest absolute Gasteiger partial charge is 0.306 e. The topological polar surface area (TPSA) is 73.3 Å². The lowest BCUT2D eigenvalue weighted by atomic mass is 9.90. The maximum Gasteiger partial charge on any atom is 0.306 e. The second-order valence-electron chi connectivity index (χ2n) is 7.94. The van der Waals surface area contributed by atoms with Crippen LogP contribution in [0.2, 0.25) is 0 Å². The number of rotatable bonds is 10. The molecule has 0 aliphatic heterocycles. The molecule has 0 unspecified atom stereocenters. The van der Waals surface area contributed by atoms with E-state index in [2.05, 4.69) is 4.98 Å². The van der Waals surface area contributed by atoms with Crippen LogP contribution >= 0.6 is 11.3 Å². The van der Waals surface area contributed by atoms with E-state index in [4.69, 9.17) is 4.74 Å². The van der Waals surface area contributed by atoms with Crippen molar-refractivity contribution in [2.75, 3.05) is 6.61 Å². The second-order valence-corrected chi connectivity index (χ2v) is 8.88. The normalized spacial score (nSPS) is 14.1. The number of hydrogen-bond donors (Lipinski definition) is 0. The van der Waals surface area contributed by atoms with E-state index in [9.17, 15) is 14.4 Å². The van der Waals surface area contributed by atoms with E-state index < -0.39 is 0 Å². The summed E-state index contributed by atoms with van der Waals surface area (Å²) in [6.45, 7) is 4.13. The van der Waals surface area contributed by atoms with Gasteiger partial charge in [-0.15, -0.1) is 11.3 Å². The van der Waals surface area contributed by atoms with E-state index in [1.807, 2.05) is 30.5 Å². The number of ether oxygens (including phenoxy) is 1. The van der Waals surface area contributed by atoms with Crippen LogP contribution in [0.5, 0.6) is 0 Å². The summed E-state index contributed by atoms with van der Waals surface area (Å²) in [6.07, 6.45) is 5.42. The number of ketones is 2. The van der Waals surface area contributed by atoms with E-state index in [0.717, 1.165) is 47.5 Å². The third-order valence-corrected chi connectivity index (χ3v) is 6.38. The van der Waals surface area contributed by atoms with E-state index in [1.165, 1.54) is 11.3 Å². The minimum absolute atomic E-state index is 0.0469. The SMILES string of the molecule is CCOC(=O)CCc1csc(CC(=O)Cc2ccc(C)cc2C(=O)C2CCCC2)n1. The summed E-state index contributed by atoms with van der Waals surface area (Å²) in [4.78, 5) is 41.6. The predicted octanol–water partition coefficient (Wildman–Crippen LogP) is 4.67. The number of benzene rings is 1. The van der Waals surface area contributed by atoms with Crippen molar-refractivity contribution < 1.29 is 19.1 Å². The number of Topliss-reactive ketones (excluding diaryl/α,β-unsaturated/α-hetero) is 2. The van der Waals surface area contributed by atoms with Gasteiger partial charge in [-0.1, -0.05) is 30.5 Å². The summed E-state index contributed by atoms with van der Waals surface area (Å²) in [5, 5.41) is 2.64. The molecule has 0 saturated heterocycles. The number of thiazole rings is 1. The molecule has 1 aromatic carbocycles. The first-order chi connectivity index (χ1) is 14.5. The lowest BCUT2D eigenvalue weighted by Gasteiger charge is -2.13. The Hall–Kier alpha value is -2.34. The monoisotopic (exact) mass is 427 g/mol. The number of aryl methyl sites for hydroxylation is 2. The largest absolute Gasteiger partial charge is 0.466 e. The minimum atomic E-state index is -0.234. The highest BCUT2D eigenvalue weighted by Gasteiger charge is 2.26. The molecule has 2 aromatic rings. The van der Waals surface area contributed by atoms with Crippen LogP contribution in [0.4, 0.5) is 0 Å². The van der Waals surface area contributed by atoms with E-state index in [1.54, 1.807) is 6.92 Å². The first-order valence-corrected chi connectivity index (χ1v) is 11.6. The standard InChI is InChI=1S/C24H29NO4S/c1-3-29-23(27)11-10-19-15-30-22(25-19)14-20(26)13-18-9-8-16(2)12-21(18)24(28)17-6-4-5-7-17/h8-9,12,15,17H,3-7,10-11,13-14H2,1-2H3. The van der Waals surface area contributed by atoms with Gasteiger partial charge in [0.2, 0.25) is 0 Å². The van der Waals surface area contributed by atoms with Gasteiger partial charge < -0.3 is 4.74 Å². The molecule has 30 heavy (non-hydrogen) atoms. The Morgan fingerprint density at radius 2 is 1.93 bits per heavy atom. The van der Waals surface area contributed by atoms with Crippen molar-refractivity contribution in [2.45, 2.75) is 65.2 Å². The number of nitrogens with zero attached hydrogens (tertiary/aromatic N) is 1. The van der Waals surface area contributed by atoms with Gasteiger partial charge in [-0.2, -0.15) is 0 Å². The highest BCUT2D eigenvalue weighted by molar-refractivity contribution is 7.09. The lowest BCUT2D eigenvalue weighted by molar-refractivity contribution is -0.143. The molecule has 0 amide bonds. The predicted molar refractivity (Wildman–Crippen MR) is 117 cm³/mol. The first-order valence-electron chi connectivity index (χ1n) is 10.7. The molecule has 0 spiro atoms. The molecular weight excluding hydrogens is 398 g/mol. The van der Waals surface area contributed by atoms with E-state index >= 15 is 0 Å². The number of esters is 1. The number of carbonyl (C=O) groups is 3. The maximum absolute atomic E-state index is 13.0. The molecule has 3 rings (SSSR count). The average molecular weight is 428 g/mol. The van der Waals surface area contributed by atoms with Gasteiger partial charge in [0, 0.05) is 29.7 Å². The zero-order chi connectivity index (χ0) is 21.5. The highest BCUT2D eigenvalue weighted by atomic mass is 32.1. The molecule has 0 N–H and O–H groups in total. The maximum atomic E-state index is 13.0. The molecule has 1 saturated carbocycles. The van der Waals surface area contributed by atoms with E-state index in [-0.39, 0.29) is 36.3 Å². The van der Waals surface area contributed by atoms with Crippen molar-refractivity contribution in [3.8, 4) is 0 Å². The van der Waals surface area contributed by atoms with Crippen molar-refractivity contribution >= 4 is 28.9 Å². The highest BCUT2D eigenvalue weighted by Crippen LogP contribution is 2.29. The van der Waals surface area contributed by atoms with Crippen LogP contribution in [0.3, 0.4) is 0 Å². The van der Waals surface area contributed by atoms with Crippen LogP contribution in [0.15, 0.2) is 23.6 Å². The van der Waals surface area contributed by atoms with Gasteiger partial charge in [-0.3, -0.25) is 14.4 Å².